The Morgan fingerprint density at radius 2 is 2.29 bits per heavy atom. The summed E-state index contributed by atoms with van der Waals surface area (Å²) >= 11 is 0. The molecular weight excluding hydrogens is 217 g/mol. The van der Waals surface area contributed by atoms with Gasteiger partial charge in [0.25, 0.3) is 0 Å². The molecule has 2 nitrogen and oxygen atoms in total. The van der Waals surface area contributed by atoms with Gasteiger partial charge in [0, 0.05) is 18.2 Å². The second kappa shape index (κ2) is 4.88. The molecule has 1 aromatic rings. The van der Waals surface area contributed by atoms with Crippen LogP contribution in [-0.2, 0) is 0 Å². The predicted octanol–water partition coefficient (Wildman–Crippen LogP) is 3.03. The Hall–Kier alpha value is -1.35. The summed E-state index contributed by atoms with van der Waals surface area (Å²) in [5.74, 6) is -0.267. The fourth-order valence-corrected chi connectivity index (χ4v) is 2.12. The molecule has 0 heterocycles. The quantitative estimate of drug-likeness (QED) is 0.793. The molecule has 0 spiro atoms. The van der Waals surface area contributed by atoms with Gasteiger partial charge in [0.15, 0.2) is 0 Å². The molecule has 92 valence electrons. The standard InChI is InChI=1S/C14H18FNO/c1-3-9-16(11-7-8-11)14-12(10(2)17)5-4-6-13(14)15/h3-6,10-11,17H,1,7-9H2,2H3/t10-/m1/s1. The zero-order valence-electron chi connectivity index (χ0n) is 10.1. The lowest BCUT2D eigenvalue weighted by Gasteiger charge is -2.27. The Morgan fingerprint density at radius 1 is 1.59 bits per heavy atom. The van der Waals surface area contributed by atoms with Gasteiger partial charge in [-0.3, -0.25) is 0 Å². The highest BCUT2D eigenvalue weighted by atomic mass is 19.1. The van der Waals surface area contributed by atoms with E-state index >= 15 is 0 Å². The molecule has 1 fully saturated rings. The van der Waals surface area contributed by atoms with Gasteiger partial charge in [-0.15, -0.1) is 6.58 Å². The maximum atomic E-state index is 14.0. The number of nitrogens with zero attached hydrogens (tertiary/aromatic N) is 1. The van der Waals surface area contributed by atoms with E-state index in [9.17, 15) is 9.50 Å². The van der Waals surface area contributed by atoms with E-state index in [1.165, 1.54) is 6.07 Å². The molecule has 1 saturated carbocycles. The number of benzene rings is 1. The van der Waals surface area contributed by atoms with Gasteiger partial charge in [0.2, 0.25) is 0 Å². The van der Waals surface area contributed by atoms with Gasteiger partial charge >= 0.3 is 0 Å². The number of hydrogen-bond acceptors (Lipinski definition) is 2. The third kappa shape index (κ3) is 2.50. The van der Waals surface area contributed by atoms with Gasteiger partial charge < -0.3 is 10.0 Å². The van der Waals surface area contributed by atoms with E-state index in [1.807, 2.05) is 4.90 Å². The second-order valence-electron chi connectivity index (χ2n) is 4.53. The summed E-state index contributed by atoms with van der Waals surface area (Å²) in [6.45, 7) is 5.99. The molecule has 0 amide bonds. The Balaban J connectivity index is 2.42. The molecule has 0 bridgehead atoms. The highest BCUT2D eigenvalue weighted by molar-refractivity contribution is 5.57. The highest BCUT2D eigenvalue weighted by Crippen LogP contribution is 2.37. The number of anilines is 1. The minimum Gasteiger partial charge on any atom is -0.389 e. The van der Waals surface area contributed by atoms with Crippen LogP contribution in [0.25, 0.3) is 0 Å². The Morgan fingerprint density at radius 3 is 2.82 bits per heavy atom. The summed E-state index contributed by atoms with van der Waals surface area (Å²) in [6, 6.07) is 5.25. The third-order valence-corrected chi connectivity index (χ3v) is 3.07. The molecule has 17 heavy (non-hydrogen) atoms. The fraction of sp³-hybridized carbons (Fsp3) is 0.429. The van der Waals surface area contributed by atoms with E-state index in [1.54, 1.807) is 25.1 Å². The number of rotatable bonds is 5. The summed E-state index contributed by atoms with van der Waals surface area (Å²) in [7, 11) is 0. The van der Waals surface area contributed by atoms with Crippen molar-refractivity contribution < 1.29 is 9.50 Å². The molecule has 2 rings (SSSR count). The lowest BCUT2D eigenvalue weighted by Crippen LogP contribution is -2.28. The number of aliphatic hydroxyl groups excluding tert-OH is 1. The summed E-state index contributed by atoms with van der Waals surface area (Å²) < 4.78 is 14.0. The minimum atomic E-state index is -0.660. The van der Waals surface area contributed by atoms with Crippen LogP contribution in [0.4, 0.5) is 10.1 Å². The van der Waals surface area contributed by atoms with E-state index in [0.717, 1.165) is 12.8 Å². The first-order chi connectivity index (χ1) is 8.15. The first kappa shape index (κ1) is 12.1. The summed E-state index contributed by atoms with van der Waals surface area (Å²) in [4.78, 5) is 2.00. The number of para-hydroxylation sites is 1. The predicted molar refractivity (Wildman–Crippen MR) is 67.6 cm³/mol. The van der Waals surface area contributed by atoms with Crippen LogP contribution in [-0.4, -0.2) is 17.7 Å². The van der Waals surface area contributed by atoms with Crippen molar-refractivity contribution in [2.75, 3.05) is 11.4 Å². The number of halogens is 1. The van der Waals surface area contributed by atoms with Crippen molar-refractivity contribution in [1.29, 1.82) is 0 Å². The summed E-state index contributed by atoms with van der Waals surface area (Å²) in [6.07, 6.45) is 3.28. The molecule has 0 radical (unpaired) electrons. The SMILES string of the molecule is C=CCN(c1c(F)cccc1[C@@H](C)O)C1CC1. The lowest BCUT2D eigenvalue weighted by atomic mass is 10.1. The van der Waals surface area contributed by atoms with Gasteiger partial charge in [-0.1, -0.05) is 18.2 Å². The molecule has 0 aromatic heterocycles. The average Bonchev–Trinajstić information content (AvgIpc) is 3.10. The molecule has 0 unspecified atom stereocenters. The van der Waals surface area contributed by atoms with Crippen molar-refractivity contribution in [1.82, 2.24) is 0 Å². The van der Waals surface area contributed by atoms with E-state index in [-0.39, 0.29) is 5.82 Å². The molecule has 0 aliphatic heterocycles. The van der Waals surface area contributed by atoms with Crippen LogP contribution in [0.5, 0.6) is 0 Å². The van der Waals surface area contributed by atoms with E-state index in [4.69, 9.17) is 0 Å². The summed E-state index contributed by atoms with van der Waals surface area (Å²) in [5.41, 5.74) is 1.18. The van der Waals surface area contributed by atoms with Gasteiger partial charge in [0.1, 0.15) is 5.82 Å². The van der Waals surface area contributed by atoms with Gasteiger partial charge in [-0.05, 0) is 25.8 Å². The van der Waals surface area contributed by atoms with Crippen LogP contribution in [0.1, 0.15) is 31.4 Å². The Kier molecular flexibility index (Phi) is 3.48. The van der Waals surface area contributed by atoms with Gasteiger partial charge in [-0.2, -0.15) is 0 Å². The second-order valence-corrected chi connectivity index (χ2v) is 4.53. The van der Waals surface area contributed by atoms with Crippen molar-refractivity contribution in [2.45, 2.75) is 31.9 Å². The number of hydrogen-bond donors (Lipinski definition) is 1. The first-order valence-corrected chi connectivity index (χ1v) is 5.99. The zero-order chi connectivity index (χ0) is 12.4. The van der Waals surface area contributed by atoms with Crippen molar-refractivity contribution >= 4 is 5.69 Å². The highest BCUT2D eigenvalue weighted by Gasteiger charge is 2.31. The normalized spacial score (nSPS) is 16.6. The van der Waals surface area contributed by atoms with E-state index in [2.05, 4.69) is 6.58 Å². The Labute approximate surface area is 101 Å². The van der Waals surface area contributed by atoms with Gasteiger partial charge in [0.05, 0.1) is 11.8 Å². The van der Waals surface area contributed by atoms with Crippen LogP contribution in [0, 0.1) is 5.82 Å². The first-order valence-electron chi connectivity index (χ1n) is 5.99. The van der Waals surface area contributed by atoms with Crippen LogP contribution in [0.3, 0.4) is 0 Å². The number of aliphatic hydroxyl groups is 1. The topological polar surface area (TPSA) is 23.5 Å². The smallest absolute Gasteiger partial charge is 0.146 e. The monoisotopic (exact) mass is 235 g/mol. The Bertz CT molecular complexity index is 413. The zero-order valence-corrected chi connectivity index (χ0v) is 10.1. The molecule has 1 aromatic carbocycles. The fourth-order valence-electron chi connectivity index (χ4n) is 2.12. The molecule has 1 aliphatic carbocycles. The maximum Gasteiger partial charge on any atom is 0.146 e. The molecular formula is C14H18FNO. The van der Waals surface area contributed by atoms with E-state index < -0.39 is 6.10 Å². The van der Waals surface area contributed by atoms with Gasteiger partial charge in [-0.25, -0.2) is 4.39 Å². The van der Waals surface area contributed by atoms with Crippen LogP contribution >= 0.6 is 0 Å². The van der Waals surface area contributed by atoms with Crippen LogP contribution in [0.15, 0.2) is 30.9 Å². The lowest BCUT2D eigenvalue weighted by molar-refractivity contribution is 0.199. The largest absolute Gasteiger partial charge is 0.389 e. The van der Waals surface area contributed by atoms with Crippen LogP contribution < -0.4 is 4.90 Å². The van der Waals surface area contributed by atoms with Crippen molar-refractivity contribution in [3.05, 3.63) is 42.2 Å². The molecule has 1 atom stereocenters. The van der Waals surface area contributed by atoms with E-state index in [0.29, 0.717) is 23.8 Å². The molecule has 1 N–H and O–H groups in total. The third-order valence-electron chi connectivity index (χ3n) is 3.07. The molecule has 3 heteroatoms. The summed E-state index contributed by atoms with van der Waals surface area (Å²) in [5, 5.41) is 9.73. The van der Waals surface area contributed by atoms with Crippen LogP contribution in [0.2, 0.25) is 0 Å². The van der Waals surface area contributed by atoms with Crippen molar-refractivity contribution in [3.8, 4) is 0 Å². The molecule has 0 saturated heterocycles. The average molecular weight is 235 g/mol. The maximum absolute atomic E-state index is 14.0. The minimum absolute atomic E-state index is 0.267. The van der Waals surface area contributed by atoms with Crippen molar-refractivity contribution in [2.24, 2.45) is 0 Å². The molecule has 1 aliphatic rings. The van der Waals surface area contributed by atoms with Crippen molar-refractivity contribution in [3.63, 3.8) is 0 Å².